The summed E-state index contributed by atoms with van der Waals surface area (Å²) in [5.74, 6) is 0.381. The number of H-pyrrole nitrogens is 1. The summed E-state index contributed by atoms with van der Waals surface area (Å²) >= 11 is 0. The van der Waals surface area contributed by atoms with Crippen molar-refractivity contribution in [2.24, 2.45) is 0 Å². The van der Waals surface area contributed by atoms with Gasteiger partial charge in [0.1, 0.15) is 0 Å². The third-order valence-electron chi connectivity index (χ3n) is 6.33. The van der Waals surface area contributed by atoms with Crippen LogP contribution in [0.5, 0.6) is 0 Å². The van der Waals surface area contributed by atoms with Gasteiger partial charge in [-0.1, -0.05) is 55.5 Å². The number of para-hydroxylation sites is 1. The number of likely N-dealkylation sites (N-methyl/N-ethyl adjacent to an activating group) is 1. The van der Waals surface area contributed by atoms with Crippen LogP contribution in [0.25, 0.3) is 10.9 Å². The van der Waals surface area contributed by atoms with Crippen LogP contribution in [-0.2, 0) is 4.79 Å². The molecule has 1 amide bonds. The van der Waals surface area contributed by atoms with Crippen LogP contribution in [0.1, 0.15) is 30.9 Å². The molecule has 3 aromatic rings. The summed E-state index contributed by atoms with van der Waals surface area (Å²) < 4.78 is 0. The molecule has 0 unspecified atom stereocenters. The average molecular weight is 405 g/mol. The molecule has 1 saturated heterocycles. The van der Waals surface area contributed by atoms with Gasteiger partial charge < -0.3 is 20.1 Å². The van der Waals surface area contributed by atoms with Gasteiger partial charge in [0.15, 0.2) is 0 Å². The first-order valence-electron chi connectivity index (χ1n) is 11.0. The number of benzene rings is 2. The molecular weight excluding hydrogens is 372 g/mol. The van der Waals surface area contributed by atoms with Crippen LogP contribution in [0, 0.1) is 0 Å². The van der Waals surface area contributed by atoms with Gasteiger partial charge in [-0.3, -0.25) is 4.79 Å². The van der Waals surface area contributed by atoms with Gasteiger partial charge in [0.2, 0.25) is 5.91 Å². The Morgan fingerprint density at radius 2 is 1.73 bits per heavy atom. The summed E-state index contributed by atoms with van der Waals surface area (Å²) in [6, 6.07) is 18.8. The number of nitrogens with zero attached hydrogens (tertiary/aromatic N) is 2. The zero-order valence-electron chi connectivity index (χ0n) is 18.0. The Labute approximate surface area is 179 Å². The fourth-order valence-electron chi connectivity index (χ4n) is 4.42. The van der Waals surface area contributed by atoms with E-state index in [4.69, 9.17) is 0 Å². The quantitative estimate of drug-likeness (QED) is 0.634. The molecule has 1 aliphatic heterocycles. The van der Waals surface area contributed by atoms with Crippen molar-refractivity contribution in [2.45, 2.75) is 25.8 Å². The monoisotopic (exact) mass is 404 g/mol. The fraction of sp³-hybridized carbons (Fsp3) is 0.400. The van der Waals surface area contributed by atoms with Crippen LogP contribution in [0.2, 0.25) is 0 Å². The van der Waals surface area contributed by atoms with E-state index in [9.17, 15) is 4.79 Å². The summed E-state index contributed by atoms with van der Waals surface area (Å²) in [5, 5.41) is 4.78. The van der Waals surface area contributed by atoms with Crippen LogP contribution in [0.3, 0.4) is 0 Å². The summed E-state index contributed by atoms with van der Waals surface area (Å²) in [5.41, 5.74) is 3.66. The van der Waals surface area contributed by atoms with E-state index < -0.39 is 0 Å². The second-order valence-corrected chi connectivity index (χ2v) is 8.14. The van der Waals surface area contributed by atoms with Crippen molar-refractivity contribution >= 4 is 16.8 Å². The molecule has 1 aliphatic rings. The number of rotatable bonds is 7. The molecule has 5 heteroatoms. The Morgan fingerprint density at radius 1 is 1.03 bits per heavy atom. The van der Waals surface area contributed by atoms with Gasteiger partial charge in [-0.25, -0.2) is 0 Å². The maximum Gasteiger partial charge on any atom is 0.239 e. The number of hydrogen-bond acceptors (Lipinski definition) is 3. The molecule has 2 atom stereocenters. The summed E-state index contributed by atoms with van der Waals surface area (Å²) in [6.45, 7) is 9.52. The molecular formula is C25H32N4O. The van der Waals surface area contributed by atoms with Gasteiger partial charge in [-0.15, -0.1) is 0 Å². The molecule has 0 spiro atoms. The molecule has 2 heterocycles. The number of aromatic nitrogens is 1. The van der Waals surface area contributed by atoms with E-state index in [0.717, 1.165) is 38.2 Å². The molecule has 5 nitrogen and oxygen atoms in total. The minimum Gasteiger partial charge on any atom is -0.361 e. The third kappa shape index (κ3) is 4.42. The topological polar surface area (TPSA) is 51.4 Å². The zero-order valence-corrected chi connectivity index (χ0v) is 18.0. The van der Waals surface area contributed by atoms with Crippen molar-refractivity contribution in [3.63, 3.8) is 0 Å². The van der Waals surface area contributed by atoms with Crippen molar-refractivity contribution in [3.8, 4) is 0 Å². The van der Waals surface area contributed by atoms with Crippen molar-refractivity contribution in [1.82, 2.24) is 20.1 Å². The normalized spacial score (nSPS) is 17.2. The maximum atomic E-state index is 13.0. The molecule has 0 saturated carbocycles. The summed E-state index contributed by atoms with van der Waals surface area (Å²) in [6.07, 6.45) is 2.11. The maximum absolute atomic E-state index is 13.0. The first kappa shape index (κ1) is 20.6. The highest BCUT2D eigenvalue weighted by molar-refractivity contribution is 5.84. The van der Waals surface area contributed by atoms with E-state index in [1.807, 2.05) is 17.9 Å². The highest BCUT2D eigenvalue weighted by atomic mass is 16.2. The van der Waals surface area contributed by atoms with Crippen LogP contribution >= 0.6 is 0 Å². The summed E-state index contributed by atoms with van der Waals surface area (Å²) in [7, 11) is 0. The van der Waals surface area contributed by atoms with Gasteiger partial charge in [-0.2, -0.15) is 0 Å². The molecule has 0 bridgehead atoms. The molecule has 0 radical (unpaired) electrons. The number of fused-ring (bicyclic) bond motifs is 1. The van der Waals surface area contributed by atoms with E-state index in [1.54, 1.807) is 0 Å². The highest BCUT2D eigenvalue weighted by Crippen LogP contribution is 2.30. The third-order valence-corrected chi connectivity index (χ3v) is 6.33. The van der Waals surface area contributed by atoms with Gasteiger partial charge in [0.25, 0.3) is 0 Å². The van der Waals surface area contributed by atoms with Gasteiger partial charge >= 0.3 is 0 Å². The molecule has 2 N–H and O–H groups in total. The van der Waals surface area contributed by atoms with Crippen LogP contribution in [-0.4, -0.2) is 66.0 Å². The standard InChI is InChI=1S/C25H32N4O/c1-3-28-13-15-29(16-14-28)25(30)19(2)26-17-22(20-9-5-4-6-10-20)23-18-27-24-12-8-7-11-21(23)24/h4-12,18-19,22,26-27H,3,13-17H2,1-2H3/t19-,22+/m0/s1. The minimum atomic E-state index is -0.199. The summed E-state index contributed by atoms with van der Waals surface area (Å²) in [4.78, 5) is 20.8. The molecule has 0 aliphatic carbocycles. The lowest BCUT2D eigenvalue weighted by molar-refractivity contribution is -0.134. The fourth-order valence-corrected chi connectivity index (χ4v) is 4.42. The first-order valence-corrected chi connectivity index (χ1v) is 11.0. The Morgan fingerprint density at radius 3 is 2.47 bits per heavy atom. The van der Waals surface area contributed by atoms with Gasteiger partial charge in [0.05, 0.1) is 6.04 Å². The molecule has 4 rings (SSSR count). The number of amides is 1. The lowest BCUT2D eigenvalue weighted by atomic mass is 9.90. The minimum absolute atomic E-state index is 0.175. The Hall–Kier alpha value is -2.63. The molecule has 1 fully saturated rings. The van der Waals surface area contributed by atoms with Gasteiger partial charge in [-0.05, 0) is 30.7 Å². The number of nitrogens with one attached hydrogen (secondary N) is 2. The molecule has 1 aromatic heterocycles. The van der Waals surface area contributed by atoms with E-state index >= 15 is 0 Å². The second kappa shape index (κ2) is 9.45. The lowest BCUT2D eigenvalue weighted by Crippen LogP contribution is -2.53. The number of piperazine rings is 1. The van der Waals surface area contributed by atoms with E-state index in [1.165, 1.54) is 16.5 Å². The number of carbonyl (C=O) groups excluding carboxylic acids is 1. The number of hydrogen-bond donors (Lipinski definition) is 2. The van der Waals surface area contributed by atoms with Gasteiger partial charge in [0, 0.05) is 55.7 Å². The van der Waals surface area contributed by atoms with E-state index in [2.05, 4.69) is 76.9 Å². The molecule has 30 heavy (non-hydrogen) atoms. The van der Waals surface area contributed by atoms with Crippen LogP contribution in [0.15, 0.2) is 60.8 Å². The predicted octanol–water partition coefficient (Wildman–Crippen LogP) is 3.44. The van der Waals surface area contributed by atoms with E-state index in [-0.39, 0.29) is 17.9 Å². The van der Waals surface area contributed by atoms with Crippen molar-refractivity contribution < 1.29 is 4.79 Å². The smallest absolute Gasteiger partial charge is 0.239 e. The van der Waals surface area contributed by atoms with Crippen molar-refractivity contribution in [3.05, 3.63) is 71.9 Å². The highest BCUT2D eigenvalue weighted by Gasteiger charge is 2.26. The Balaban J connectivity index is 1.48. The first-order chi connectivity index (χ1) is 14.7. The largest absolute Gasteiger partial charge is 0.361 e. The Bertz CT molecular complexity index is 959. The van der Waals surface area contributed by atoms with Crippen LogP contribution in [0.4, 0.5) is 0 Å². The van der Waals surface area contributed by atoms with Crippen LogP contribution < -0.4 is 5.32 Å². The van der Waals surface area contributed by atoms with E-state index in [0.29, 0.717) is 6.54 Å². The number of carbonyl (C=O) groups is 1. The second-order valence-electron chi connectivity index (χ2n) is 8.14. The number of aromatic amines is 1. The Kier molecular flexibility index (Phi) is 6.50. The average Bonchev–Trinajstić information content (AvgIpc) is 3.23. The molecule has 158 valence electrons. The van der Waals surface area contributed by atoms with Crippen molar-refractivity contribution in [1.29, 1.82) is 0 Å². The van der Waals surface area contributed by atoms with Crippen molar-refractivity contribution in [2.75, 3.05) is 39.3 Å². The predicted molar refractivity (Wildman–Crippen MR) is 123 cm³/mol. The molecule has 2 aromatic carbocycles. The lowest BCUT2D eigenvalue weighted by Gasteiger charge is -2.35. The SMILES string of the molecule is CCN1CCN(C(=O)[C@H](C)NC[C@H](c2ccccc2)c2c[nH]c3ccccc23)CC1. The zero-order chi connectivity index (χ0) is 20.9.